The van der Waals surface area contributed by atoms with Gasteiger partial charge in [0.15, 0.2) is 0 Å². The van der Waals surface area contributed by atoms with Gasteiger partial charge in [-0.3, -0.25) is 0 Å². The number of benzene rings is 1. The van der Waals surface area contributed by atoms with E-state index in [0.717, 1.165) is 0 Å². The van der Waals surface area contributed by atoms with Gasteiger partial charge in [-0.1, -0.05) is 0 Å². The minimum absolute atomic E-state index is 0. The van der Waals surface area contributed by atoms with Crippen molar-refractivity contribution >= 4 is 22.7 Å². The minimum atomic E-state index is 0. The molecule has 0 atom stereocenters. The molecule has 4 nitrogen and oxygen atoms in total. The molecule has 0 fully saturated rings. The summed E-state index contributed by atoms with van der Waals surface area (Å²) in [6.07, 6.45) is 0. The van der Waals surface area contributed by atoms with E-state index >= 15 is 0 Å². The van der Waals surface area contributed by atoms with E-state index in [9.17, 15) is 0 Å². The standard InChI is InChI=1S/C6H10N4.Ni/c7-3-1-2-4(8)6(10)5(3)9;/h1-2H,7-10H2;. The van der Waals surface area contributed by atoms with Crippen molar-refractivity contribution in [1.29, 1.82) is 0 Å². The van der Waals surface area contributed by atoms with Gasteiger partial charge in [-0.15, -0.1) is 0 Å². The molecule has 1 aromatic carbocycles. The largest absolute Gasteiger partial charge is 0.397 e. The zero-order valence-electron chi connectivity index (χ0n) is 5.78. The van der Waals surface area contributed by atoms with Crippen molar-refractivity contribution in [3.05, 3.63) is 12.1 Å². The average Bonchev–Trinajstić information content (AvgIpc) is 1.93. The fourth-order valence-electron chi connectivity index (χ4n) is 0.670. The summed E-state index contributed by atoms with van der Waals surface area (Å²) < 4.78 is 0. The molecule has 0 unspecified atom stereocenters. The number of nitrogen functional groups attached to an aromatic ring is 4. The fraction of sp³-hybridized carbons (Fsp3) is 0. The summed E-state index contributed by atoms with van der Waals surface area (Å²) in [6.45, 7) is 0. The van der Waals surface area contributed by atoms with Crippen LogP contribution < -0.4 is 22.9 Å². The second-order valence-electron chi connectivity index (χ2n) is 2.07. The number of anilines is 4. The van der Waals surface area contributed by atoms with Crippen LogP contribution in [0.15, 0.2) is 12.1 Å². The third-order valence-corrected chi connectivity index (χ3v) is 1.35. The van der Waals surface area contributed by atoms with Crippen LogP contribution in [-0.2, 0) is 16.5 Å². The van der Waals surface area contributed by atoms with Gasteiger partial charge in [-0.25, -0.2) is 0 Å². The zero-order valence-corrected chi connectivity index (χ0v) is 6.77. The molecule has 0 saturated carbocycles. The average molecular weight is 197 g/mol. The van der Waals surface area contributed by atoms with Crippen molar-refractivity contribution in [2.24, 2.45) is 0 Å². The first-order valence-electron chi connectivity index (χ1n) is 2.82. The van der Waals surface area contributed by atoms with Crippen molar-refractivity contribution in [2.75, 3.05) is 22.9 Å². The molecule has 0 radical (unpaired) electrons. The van der Waals surface area contributed by atoms with E-state index in [1.807, 2.05) is 0 Å². The second kappa shape index (κ2) is 3.35. The maximum Gasteiger partial charge on any atom is 0.0802 e. The van der Waals surface area contributed by atoms with E-state index in [4.69, 9.17) is 22.9 Å². The second-order valence-corrected chi connectivity index (χ2v) is 2.07. The Morgan fingerprint density at radius 3 is 1.27 bits per heavy atom. The van der Waals surface area contributed by atoms with Gasteiger partial charge in [0, 0.05) is 16.5 Å². The third-order valence-electron chi connectivity index (χ3n) is 1.35. The van der Waals surface area contributed by atoms with Gasteiger partial charge >= 0.3 is 0 Å². The van der Waals surface area contributed by atoms with Crippen molar-refractivity contribution < 1.29 is 16.5 Å². The molecule has 0 aliphatic rings. The molecule has 8 N–H and O–H groups in total. The zero-order chi connectivity index (χ0) is 7.72. The van der Waals surface area contributed by atoms with E-state index in [1.54, 1.807) is 12.1 Å². The summed E-state index contributed by atoms with van der Waals surface area (Å²) in [7, 11) is 0. The maximum absolute atomic E-state index is 5.45. The van der Waals surface area contributed by atoms with Crippen LogP contribution in [0.25, 0.3) is 0 Å². The van der Waals surface area contributed by atoms with Crippen LogP contribution in [0.2, 0.25) is 0 Å². The van der Waals surface area contributed by atoms with E-state index < -0.39 is 0 Å². The summed E-state index contributed by atoms with van der Waals surface area (Å²) >= 11 is 0. The molecule has 1 rings (SSSR count). The van der Waals surface area contributed by atoms with Crippen LogP contribution in [0.3, 0.4) is 0 Å². The first-order valence-corrected chi connectivity index (χ1v) is 2.82. The van der Waals surface area contributed by atoms with E-state index in [0.29, 0.717) is 22.7 Å². The van der Waals surface area contributed by atoms with Gasteiger partial charge in [-0.05, 0) is 12.1 Å². The first-order chi connectivity index (χ1) is 4.63. The Morgan fingerprint density at radius 1 is 0.727 bits per heavy atom. The fourth-order valence-corrected chi connectivity index (χ4v) is 0.670. The Labute approximate surface area is 74.8 Å². The molecule has 11 heavy (non-hydrogen) atoms. The Balaban J connectivity index is 0.000001000. The molecule has 64 valence electrons. The molecule has 0 spiro atoms. The summed E-state index contributed by atoms with van der Waals surface area (Å²) in [5, 5.41) is 0. The molecule has 5 heteroatoms. The topological polar surface area (TPSA) is 104 Å². The molecule has 0 heterocycles. The van der Waals surface area contributed by atoms with Crippen LogP contribution in [0.5, 0.6) is 0 Å². The first kappa shape index (κ1) is 9.91. The van der Waals surface area contributed by atoms with Gasteiger partial charge in [0.1, 0.15) is 0 Å². The summed E-state index contributed by atoms with van der Waals surface area (Å²) in [5.74, 6) is 0. The van der Waals surface area contributed by atoms with Gasteiger partial charge < -0.3 is 22.9 Å². The molecule has 0 bridgehead atoms. The van der Waals surface area contributed by atoms with E-state index in [2.05, 4.69) is 0 Å². The number of nitrogens with two attached hydrogens (primary N) is 4. The number of hydrogen-bond acceptors (Lipinski definition) is 4. The predicted octanol–water partition coefficient (Wildman–Crippen LogP) is 0.0129. The Hall–Kier alpha value is -1.09. The number of rotatable bonds is 0. The van der Waals surface area contributed by atoms with Crippen molar-refractivity contribution in [2.45, 2.75) is 0 Å². The van der Waals surface area contributed by atoms with E-state index in [-0.39, 0.29) is 16.5 Å². The van der Waals surface area contributed by atoms with Crippen LogP contribution in [0.1, 0.15) is 0 Å². The van der Waals surface area contributed by atoms with Gasteiger partial charge in [-0.2, -0.15) is 0 Å². The van der Waals surface area contributed by atoms with Gasteiger partial charge in [0.25, 0.3) is 0 Å². The molecular weight excluding hydrogens is 187 g/mol. The molecule has 0 aliphatic heterocycles. The Morgan fingerprint density at radius 2 is 1.00 bits per heavy atom. The molecule has 0 amide bonds. The van der Waals surface area contributed by atoms with E-state index in [1.165, 1.54) is 0 Å². The predicted molar refractivity (Wildman–Crippen MR) is 44.1 cm³/mol. The summed E-state index contributed by atoms with van der Waals surface area (Å²) in [5.41, 5.74) is 23.4. The molecule has 1 aromatic rings. The Bertz CT molecular complexity index is 234. The smallest absolute Gasteiger partial charge is 0.0802 e. The van der Waals surface area contributed by atoms with Crippen molar-refractivity contribution in [1.82, 2.24) is 0 Å². The van der Waals surface area contributed by atoms with Crippen LogP contribution in [0, 0.1) is 0 Å². The summed E-state index contributed by atoms with van der Waals surface area (Å²) in [4.78, 5) is 0. The quantitative estimate of drug-likeness (QED) is 0.347. The van der Waals surface area contributed by atoms with Gasteiger partial charge in [0.05, 0.1) is 22.7 Å². The maximum atomic E-state index is 5.45. The normalized spacial score (nSPS) is 8.73. The third kappa shape index (κ3) is 1.68. The van der Waals surface area contributed by atoms with Crippen molar-refractivity contribution in [3.8, 4) is 0 Å². The Kier molecular flexibility index (Phi) is 3.02. The van der Waals surface area contributed by atoms with Crippen molar-refractivity contribution in [3.63, 3.8) is 0 Å². The monoisotopic (exact) mass is 196 g/mol. The van der Waals surface area contributed by atoms with Gasteiger partial charge in [0.2, 0.25) is 0 Å². The van der Waals surface area contributed by atoms with Crippen LogP contribution in [-0.4, -0.2) is 0 Å². The molecule has 0 aliphatic carbocycles. The molecule has 0 aromatic heterocycles. The van der Waals surface area contributed by atoms with Crippen LogP contribution in [0.4, 0.5) is 22.7 Å². The van der Waals surface area contributed by atoms with Crippen LogP contribution >= 0.6 is 0 Å². The molecule has 0 saturated heterocycles. The molecular formula is C6H10N4Ni. The SMILES string of the molecule is Nc1ccc(N)c(N)c1N.[Ni]. The number of hydrogen-bond donors (Lipinski definition) is 4. The summed E-state index contributed by atoms with van der Waals surface area (Å²) in [6, 6.07) is 3.25. The minimum Gasteiger partial charge on any atom is -0.397 e.